The van der Waals surface area contributed by atoms with E-state index in [2.05, 4.69) is 32.6 Å². The Morgan fingerprint density at radius 2 is 1.79 bits per heavy atom. The second kappa shape index (κ2) is 6.11. The van der Waals surface area contributed by atoms with E-state index in [1.165, 1.54) is 23.1 Å². The lowest BCUT2D eigenvalue weighted by Crippen LogP contribution is -2.12. The summed E-state index contributed by atoms with van der Waals surface area (Å²) in [4.78, 5) is 9.05. The number of hydrogen-bond acceptors (Lipinski definition) is 4. The van der Waals surface area contributed by atoms with E-state index < -0.39 is 10.0 Å². The van der Waals surface area contributed by atoms with Crippen LogP contribution >= 0.6 is 22.6 Å². The van der Waals surface area contributed by atoms with Gasteiger partial charge in [0.05, 0.1) is 16.0 Å². The van der Waals surface area contributed by atoms with E-state index in [0.717, 1.165) is 27.5 Å². The van der Waals surface area contributed by atoms with Gasteiger partial charge >= 0.3 is 0 Å². The van der Waals surface area contributed by atoms with Gasteiger partial charge in [0.15, 0.2) is 5.65 Å². The first-order valence-corrected chi connectivity index (χ1v) is 10.4. The smallest absolute Gasteiger partial charge is 0.240 e. The van der Waals surface area contributed by atoms with Crippen LogP contribution in [0.2, 0.25) is 0 Å². The van der Waals surface area contributed by atoms with Gasteiger partial charge < -0.3 is 0 Å². The molecule has 7 heteroatoms. The topological polar surface area (TPSA) is 64.8 Å². The fourth-order valence-electron chi connectivity index (χ4n) is 3.41. The molecule has 0 aliphatic heterocycles. The molecule has 5 nitrogen and oxygen atoms in total. The number of nitrogens with zero attached hydrogens (tertiary/aromatic N) is 3. The number of rotatable bonds is 3. The third-order valence-electron chi connectivity index (χ3n) is 4.58. The molecular weight excluding hydrogens is 437 g/mol. The SMILES string of the molecule is O=S(=O)(c1ccccc1)n1cc(I)c2c(C3CCCC3)ncnc21. The van der Waals surface area contributed by atoms with Crippen LogP contribution in [0.5, 0.6) is 0 Å². The van der Waals surface area contributed by atoms with Crippen LogP contribution in [0.1, 0.15) is 37.3 Å². The summed E-state index contributed by atoms with van der Waals surface area (Å²) in [5.41, 5.74) is 1.46. The third-order valence-corrected chi connectivity index (χ3v) is 7.06. The quantitative estimate of drug-likeness (QED) is 0.564. The molecule has 0 atom stereocenters. The minimum absolute atomic E-state index is 0.263. The molecule has 2 heterocycles. The monoisotopic (exact) mass is 453 g/mol. The third kappa shape index (κ3) is 2.54. The van der Waals surface area contributed by atoms with Crippen molar-refractivity contribution < 1.29 is 8.42 Å². The highest BCUT2D eigenvalue weighted by Gasteiger charge is 2.27. The van der Waals surface area contributed by atoms with Gasteiger partial charge in [-0.3, -0.25) is 0 Å². The van der Waals surface area contributed by atoms with Crippen LogP contribution in [0, 0.1) is 3.57 Å². The molecule has 1 saturated carbocycles. The number of fused-ring (bicyclic) bond motifs is 1. The number of halogens is 1. The molecule has 0 saturated heterocycles. The number of hydrogen-bond donors (Lipinski definition) is 0. The molecule has 0 amide bonds. The van der Waals surface area contributed by atoms with Crippen LogP contribution in [0.15, 0.2) is 47.8 Å². The first kappa shape index (κ1) is 16.0. The van der Waals surface area contributed by atoms with E-state index >= 15 is 0 Å². The minimum Gasteiger partial charge on any atom is -0.240 e. The molecule has 3 aromatic rings. The Morgan fingerprint density at radius 1 is 1.08 bits per heavy atom. The maximum Gasteiger partial charge on any atom is 0.269 e. The average Bonchev–Trinajstić information content (AvgIpc) is 3.24. The summed E-state index contributed by atoms with van der Waals surface area (Å²) in [6.07, 6.45) is 7.77. The molecule has 0 spiro atoms. The lowest BCUT2D eigenvalue weighted by Gasteiger charge is -2.10. The lowest BCUT2D eigenvalue weighted by molar-refractivity contribution is 0.588. The molecule has 0 unspecified atom stereocenters. The van der Waals surface area contributed by atoms with E-state index in [1.54, 1.807) is 36.5 Å². The normalized spacial score (nSPS) is 16.0. The zero-order valence-corrected chi connectivity index (χ0v) is 15.9. The van der Waals surface area contributed by atoms with Crippen LogP contribution in [0.4, 0.5) is 0 Å². The summed E-state index contributed by atoms with van der Waals surface area (Å²) in [5.74, 6) is 0.402. The number of benzene rings is 1. The van der Waals surface area contributed by atoms with Crippen molar-refractivity contribution in [2.24, 2.45) is 0 Å². The Hall–Kier alpha value is -1.48. The standard InChI is InChI=1S/C17H16IN3O2S/c18-14-10-21(24(22,23)13-8-2-1-3-9-13)17-15(14)16(19-11-20-17)12-6-4-5-7-12/h1-3,8-12H,4-7H2. The Kier molecular flexibility index (Phi) is 4.07. The van der Waals surface area contributed by atoms with Gasteiger partial charge in [0.2, 0.25) is 0 Å². The van der Waals surface area contributed by atoms with Crippen LogP contribution in [0.3, 0.4) is 0 Å². The van der Waals surface area contributed by atoms with Gasteiger partial charge in [-0.1, -0.05) is 31.0 Å². The zero-order chi connectivity index (χ0) is 16.7. The van der Waals surface area contributed by atoms with Crippen LogP contribution in [-0.2, 0) is 10.0 Å². The van der Waals surface area contributed by atoms with E-state index in [1.807, 2.05) is 0 Å². The maximum absolute atomic E-state index is 13.0. The molecule has 1 aromatic carbocycles. The highest BCUT2D eigenvalue weighted by molar-refractivity contribution is 14.1. The molecule has 0 bridgehead atoms. The van der Waals surface area contributed by atoms with Gasteiger partial charge in [0.25, 0.3) is 10.0 Å². The molecule has 2 aromatic heterocycles. The fraction of sp³-hybridized carbons (Fsp3) is 0.294. The second-order valence-corrected chi connectivity index (χ2v) is 9.01. The predicted molar refractivity (Wildman–Crippen MR) is 100 cm³/mol. The lowest BCUT2D eigenvalue weighted by atomic mass is 10.0. The summed E-state index contributed by atoms with van der Waals surface area (Å²) in [5, 5.41) is 0.879. The van der Waals surface area contributed by atoms with E-state index in [-0.39, 0.29) is 4.90 Å². The Balaban J connectivity index is 1.94. The van der Waals surface area contributed by atoms with Crippen molar-refractivity contribution in [3.63, 3.8) is 0 Å². The van der Waals surface area contributed by atoms with Crippen LogP contribution < -0.4 is 0 Å². The largest absolute Gasteiger partial charge is 0.269 e. The summed E-state index contributed by atoms with van der Waals surface area (Å²) < 4.78 is 28.2. The highest BCUT2D eigenvalue weighted by Crippen LogP contribution is 2.38. The summed E-state index contributed by atoms with van der Waals surface area (Å²) in [6, 6.07) is 8.46. The van der Waals surface area contributed by atoms with Crippen molar-refractivity contribution in [3.05, 3.63) is 52.1 Å². The van der Waals surface area contributed by atoms with Crippen LogP contribution in [0.25, 0.3) is 11.0 Å². The van der Waals surface area contributed by atoms with E-state index in [9.17, 15) is 8.42 Å². The van der Waals surface area contributed by atoms with Crippen molar-refractivity contribution in [2.75, 3.05) is 0 Å². The zero-order valence-electron chi connectivity index (χ0n) is 12.9. The number of aromatic nitrogens is 3. The second-order valence-electron chi connectivity index (χ2n) is 6.03. The van der Waals surface area contributed by atoms with Gasteiger partial charge in [-0.2, -0.15) is 0 Å². The van der Waals surface area contributed by atoms with Crippen molar-refractivity contribution >= 4 is 43.6 Å². The highest BCUT2D eigenvalue weighted by atomic mass is 127. The summed E-state index contributed by atoms with van der Waals surface area (Å²) in [6.45, 7) is 0. The maximum atomic E-state index is 13.0. The fourth-order valence-corrected chi connectivity index (χ4v) is 5.74. The van der Waals surface area contributed by atoms with Crippen molar-refractivity contribution in [3.8, 4) is 0 Å². The van der Waals surface area contributed by atoms with Gasteiger partial charge in [-0.05, 0) is 47.6 Å². The molecule has 0 N–H and O–H groups in total. The van der Waals surface area contributed by atoms with Gasteiger partial charge in [-0.15, -0.1) is 0 Å². The molecule has 124 valence electrons. The molecular formula is C17H16IN3O2S. The van der Waals surface area contributed by atoms with E-state index in [0.29, 0.717) is 11.6 Å². The molecule has 4 rings (SSSR count). The molecule has 24 heavy (non-hydrogen) atoms. The van der Waals surface area contributed by atoms with Crippen molar-refractivity contribution in [1.82, 2.24) is 13.9 Å². The molecule has 1 fully saturated rings. The molecule has 1 aliphatic carbocycles. The van der Waals surface area contributed by atoms with Crippen molar-refractivity contribution in [1.29, 1.82) is 0 Å². The first-order valence-electron chi connectivity index (χ1n) is 7.91. The summed E-state index contributed by atoms with van der Waals surface area (Å²) in [7, 11) is -3.66. The Labute approximate surface area is 154 Å². The predicted octanol–water partition coefficient (Wildman–Crippen LogP) is 3.93. The average molecular weight is 453 g/mol. The summed E-state index contributed by atoms with van der Waals surface area (Å²) >= 11 is 2.19. The molecule has 1 aliphatic rings. The van der Waals surface area contributed by atoms with Gasteiger partial charge in [0.1, 0.15) is 6.33 Å². The van der Waals surface area contributed by atoms with Crippen molar-refractivity contribution in [2.45, 2.75) is 36.5 Å². The van der Waals surface area contributed by atoms with Crippen LogP contribution in [-0.4, -0.2) is 22.4 Å². The Bertz CT molecular complexity index is 993. The Morgan fingerprint density at radius 3 is 2.50 bits per heavy atom. The minimum atomic E-state index is -3.66. The van der Waals surface area contributed by atoms with E-state index in [4.69, 9.17) is 0 Å². The van der Waals surface area contributed by atoms with Gasteiger partial charge in [0, 0.05) is 15.7 Å². The first-order chi connectivity index (χ1) is 11.6. The molecule has 0 radical (unpaired) electrons. The van der Waals surface area contributed by atoms with Gasteiger partial charge in [-0.25, -0.2) is 22.4 Å².